The van der Waals surface area contributed by atoms with E-state index in [2.05, 4.69) is 16.2 Å². The highest BCUT2D eigenvalue weighted by Crippen LogP contribution is 2.21. The molecule has 0 saturated heterocycles. The summed E-state index contributed by atoms with van der Waals surface area (Å²) >= 11 is 0. The standard InChI is InChI=1S/C24H27N5O2/c1-6-27-21-11-9-18(13-22(21)28(7-2)24(27)31)25-14-19-17(5)26-29(23(19)30)20-10-8-15(3)12-16(20)4/h8-14,26H,6-7H2,1-5H3. The topological polar surface area (TPSA) is 77.1 Å². The lowest BCUT2D eigenvalue weighted by molar-refractivity contribution is 0.671. The van der Waals surface area contributed by atoms with Gasteiger partial charge in [0.15, 0.2) is 0 Å². The molecule has 2 aromatic heterocycles. The average molecular weight is 418 g/mol. The molecule has 7 heteroatoms. The fourth-order valence-electron chi connectivity index (χ4n) is 4.08. The van der Waals surface area contributed by atoms with Crippen molar-refractivity contribution >= 4 is 22.9 Å². The molecule has 0 fully saturated rings. The molecule has 0 aliphatic rings. The van der Waals surface area contributed by atoms with E-state index >= 15 is 0 Å². The number of rotatable bonds is 5. The van der Waals surface area contributed by atoms with Gasteiger partial charge in [-0.3, -0.25) is 24.0 Å². The van der Waals surface area contributed by atoms with Crippen LogP contribution in [0, 0.1) is 20.8 Å². The Morgan fingerprint density at radius 2 is 1.65 bits per heavy atom. The minimum Gasteiger partial charge on any atom is -0.295 e. The van der Waals surface area contributed by atoms with Crippen LogP contribution in [-0.2, 0) is 13.1 Å². The predicted octanol–water partition coefficient (Wildman–Crippen LogP) is 4.00. The number of aromatic nitrogens is 4. The third-order valence-corrected chi connectivity index (χ3v) is 5.69. The molecular weight excluding hydrogens is 390 g/mol. The molecule has 0 radical (unpaired) electrons. The molecule has 0 spiro atoms. The van der Waals surface area contributed by atoms with Crippen molar-refractivity contribution in [1.29, 1.82) is 0 Å². The molecule has 160 valence electrons. The van der Waals surface area contributed by atoms with Gasteiger partial charge in [-0.2, -0.15) is 0 Å². The summed E-state index contributed by atoms with van der Waals surface area (Å²) in [5, 5.41) is 3.16. The zero-order valence-electron chi connectivity index (χ0n) is 18.6. The van der Waals surface area contributed by atoms with Gasteiger partial charge < -0.3 is 0 Å². The molecule has 31 heavy (non-hydrogen) atoms. The Balaban J connectivity index is 1.76. The summed E-state index contributed by atoms with van der Waals surface area (Å²) in [6.07, 6.45) is 1.60. The van der Waals surface area contributed by atoms with E-state index in [9.17, 15) is 9.59 Å². The first-order valence-corrected chi connectivity index (χ1v) is 10.5. The number of hydrogen-bond donors (Lipinski definition) is 1. The number of aryl methyl sites for hydroxylation is 5. The van der Waals surface area contributed by atoms with Gasteiger partial charge >= 0.3 is 5.69 Å². The van der Waals surface area contributed by atoms with E-state index < -0.39 is 0 Å². The number of benzene rings is 2. The minimum absolute atomic E-state index is 0.0148. The van der Waals surface area contributed by atoms with Crippen molar-refractivity contribution in [3.63, 3.8) is 0 Å². The Hall–Kier alpha value is -3.61. The number of imidazole rings is 1. The number of nitrogens with one attached hydrogen (secondary N) is 1. The van der Waals surface area contributed by atoms with E-state index in [1.54, 1.807) is 20.0 Å². The van der Waals surface area contributed by atoms with Crippen molar-refractivity contribution in [2.24, 2.45) is 4.99 Å². The van der Waals surface area contributed by atoms with Crippen LogP contribution in [0.1, 0.15) is 36.2 Å². The van der Waals surface area contributed by atoms with Gasteiger partial charge in [-0.05, 0) is 64.4 Å². The third kappa shape index (κ3) is 3.46. The van der Waals surface area contributed by atoms with Crippen LogP contribution < -0.4 is 11.2 Å². The Morgan fingerprint density at radius 1 is 0.935 bits per heavy atom. The van der Waals surface area contributed by atoms with Crippen LogP contribution in [-0.4, -0.2) is 25.1 Å². The summed E-state index contributed by atoms with van der Waals surface area (Å²) in [5.41, 5.74) is 6.54. The largest absolute Gasteiger partial charge is 0.329 e. The zero-order chi connectivity index (χ0) is 22.3. The van der Waals surface area contributed by atoms with Crippen molar-refractivity contribution in [3.05, 3.63) is 79.6 Å². The van der Waals surface area contributed by atoms with Crippen molar-refractivity contribution in [1.82, 2.24) is 18.9 Å². The van der Waals surface area contributed by atoms with Crippen molar-refractivity contribution < 1.29 is 0 Å². The van der Waals surface area contributed by atoms with E-state index in [1.807, 2.05) is 65.0 Å². The summed E-state index contributed by atoms with van der Waals surface area (Å²) in [6.45, 7) is 11.0. The van der Waals surface area contributed by atoms with Gasteiger partial charge in [0.25, 0.3) is 5.56 Å². The van der Waals surface area contributed by atoms with Crippen molar-refractivity contribution in [3.8, 4) is 5.69 Å². The number of hydrogen-bond acceptors (Lipinski definition) is 3. The summed E-state index contributed by atoms with van der Waals surface area (Å²) in [7, 11) is 0. The minimum atomic E-state index is -0.142. The molecule has 0 saturated carbocycles. The van der Waals surface area contributed by atoms with Gasteiger partial charge in [-0.1, -0.05) is 17.7 Å². The fraction of sp³-hybridized carbons (Fsp3) is 0.292. The Morgan fingerprint density at radius 3 is 2.32 bits per heavy atom. The summed E-state index contributed by atoms with van der Waals surface area (Å²) in [4.78, 5) is 30.1. The summed E-state index contributed by atoms with van der Waals surface area (Å²) < 4.78 is 5.06. The third-order valence-electron chi connectivity index (χ3n) is 5.69. The lowest BCUT2D eigenvalue weighted by atomic mass is 10.1. The highest BCUT2D eigenvalue weighted by molar-refractivity contribution is 5.85. The maximum atomic E-state index is 13.0. The molecule has 1 N–H and O–H groups in total. The summed E-state index contributed by atoms with van der Waals surface area (Å²) in [5.74, 6) is 0. The van der Waals surface area contributed by atoms with Gasteiger partial charge in [0.2, 0.25) is 0 Å². The van der Waals surface area contributed by atoms with Crippen LogP contribution in [0.3, 0.4) is 0 Å². The molecule has 0 amide bonds. The molecule has 0 aliphatic carbocycles. The van der Waals surface area contributed by atoms with Gasteiger partial charge in [-0.15, -0.1) is 0 Å². The normalized spacial score (nSPS) is 11.8. The van der Waals surface area contributed by atoms with E-state index in [1.165, 1.54) is 0 Å². The second-order valence-electron chi connectivity index (χ2n) is 7.78. The van der Waals surface area contributed by atoms with Crippen molar-refractivity contribution in [2.45, 2.75) is 47.7 Å². The first-order chi connectivity index (χ1) is 14.8. The molecule has 4 aromatic rings. The maximum Gasteiger partial charge on any atom is 0.329 e. The van der Waals surface area contributed by atoms with Gasteiger partial charge in [0.05, 0.1) is 28.0 Å². The lowest BCUT2D eigenvalue weighted by Crippen LogP contribution is -2.22. The first-order valence-electron chi connectivity index (χ1n) is 10.5. The molecule has 0 atom stereocenters. The van der Waals surface area contributed by atoms with Crippen molar-refractivity contribution in [2.75, 3.05) is 0 Å². The number of aliphatic imine (C=N–C) groups is 1. The second-order valence-corrected chi connectivity index (χ2v) is 7.78. The number of fused-ring (bicyclic) bond motifs is 1. The molecule has 0 aliphatic heterocycles. The van der Waals surface area contributed by atoms with Crippen LogP contribution >= 0.6 is 0 Å². The Bertz CT molecular complexity index is 1430. The molecule has 7 nitrogen and oxygen atoms in total. The molecule has 2 heterocycles. The quantitative estimate of drug-likeness (QED) is 0.498. The smallest absolute Gasteiger partial charge is 0.295 e. The zero-order valence-corrected chi connectivity index (χ0v) is 18.6. The Labute approximate surface area is 180 Å². The van der Waals surface area contributed by atoms with E-state index in [4.69, 9.17) is 0 Å². The Kier molecular flexibility index (Phi) is 5.27. The molecule has 2 aromatic carbocycles. The highest BCUT2D eigenvalue weighted by Gasteiger charge is 2.14. The number of H-pyrrole nitrogens is 1. The van der Waals surface area contributed by atoms with Crippen LogP contribution in [0.2, 0.25) is 0 Å². The van der Waals surface area contributed by atoms with Gasteiger partial charge in [0, 0.05) is 25.0 Å². The monoisotopic (exact) mass is 417 g/mol. The van der Waals surface area contributed by atoms with Gasteiger partial charge in [-0.25, -0.2) is 9.48 Å². The maximum absolute atomic E-state index is 13.0. The van der Waals surface area contributed by atoms with Crippen LogP contribution in [0.15, 0.2) is 51.0 Å². The number of nitrogens with zero attached hydrogens (tertiary/aromatic N) is 4. The average Bonchev–Trinajstić information content (AvgIpc) is 3.17. The van der Waals surface area contributed by atoms with E-state index in [0.717, 1.165) is 33.5 Å². The van der Waals surface area contributed by atoms with Gasteiger partial charge in [0.1, 0.15) is 0 Å². The summed E-state index contributed by atoms with van der Waals surface area (Å²) in [6, 6.07) is 11.7. The first kappa shape index (κ1) is 20.7. The molecule has 0 unspecified atom stereocenters. The second kappa shape index (κ2) is 7.91. The molecule has 4 rings (SSSR count). The molecular formula is C24H27N5O2. The fourth-order valence-corrected chi connectivity index (χ4v) is 4.08. The van der Waals surface area contributed by atoms with E-state index in [0.29, 0.717) is 24.3 Å². The van der Waals surface area contributed by atoms with Crippen LogP contribution in [0.25, 0.3) is 16.7 Å². The SMILES string of the molecule is CCn1c(=O)n(CC)c2cc(N=Cc3c(C)[nH]n(-c4ccc(C)cc4C)c3=O)ccc21. The van der Waals surface area contributed by atoms with E-state index in [-0.39, 0.29) is 11.2 Å². The molecule has 0 bridgehead atoms. The van der Waals surface area contributed by atoms with Crippen LogP contribution in [0.5, 0.6) is 0 Å². The van der Waals surface area contributed by atoms with Crippen LogP contribution in [0.4, 0.5) is 5.69 Å². The number of aromatic amines is 1. The predicted molar refractivity (Wildman–Crippen MR) is 125 cm³/mol. The highest BCUT2D eigenvalue weighted by atomic mass is 16.2. The lowest BCUT2D eigenvalue weighted by Gasteiger charge is -2.06.